The van der Waals surface area contributed by atoms with E-state index in [2.05, 4.69) is 4.90 Å². The van der Waals surface area contributed by atoms with Crippen molar-refractivity contribution < 1.29 is 14.5 Å². The summed E-state index contributed by atoms with van der Waals surface area (Å²) in [6.07, 6.45) is 0. The molecule has 0 N–H and O–H groups in total. The number of aryl methyl sites for hydroxylation is 2. The second kappa shape index (κ2) is 8.39. The molecule has 0 saturated carbocycles. The van der Waals surface area contributed by atoms with Crippen LogP contribution in [0, 0.1) is 24.0 Å². The Bertz CT molecular complexity index is 871. The highest BCUT2D eigenvalue weighted by Gasteiger charge is 2.25. The first-order valence-corrected chi connectivity index (χ1v) is 9.42. The number of anilines is 2. The number of amides is 1. The largest absolute Gasteiger partial charge is 0.378 e. The summed E-state index contributed by atoms with van der Waals surface area (Å²) in [5, 5.41) is 11.3. The standard InChI is InChI=1S/C21H25N3O4/c1-4-23(18-12-15(2)11-16(3)13-18)21(25)19-14-17(24(26)27)5-6-20(19)22-7-9-28-10-8-22/h5-6,11-14H,4,7-10H2,1-3H3. The molecule has 148 valence electrons. The number of morpholine rings is 1. The summed E-state index contributed by atoms with van der Waals surface area (Å²) in [6.45, 7) is 8.77. The van der Waals surface area contributed by atoms with E-state index in [4.69, 9.17) is 4.74 Å². The predicted molar refractivity (Wildman–Crippen MR) is 109 cm³/mol. The molecule has 1 aliphatic rings. The molecule has 2 aromatic carbocycles. The maximum Gasteiger partial charge on any atom is 0.270 e. The number of carbonyl (C=O) groups is 1. The fourth-order valence-electron chi connectivity index (χ4n) is 3.58. The number of nitro groups is 1. The van der Waals surface area contributed by atoms with Gasteiger partial charge in [-0.15, -0.1) is 0 Å². The molecule has 2 aromatic rings. The molecule has 1 aliphatic heterocycles. The molecule has 1 saturated heterocycles. The minimum Gasteiger partial charge on any atom is -0.378 e. The summed E-state index contributed by atoms with van der Waals surface area (Å²) < 4.78 is 5.40. The smallest absolute Gasteiger partial charge is 0.270 e. The number of benzene rings is 2. The first-order valence-electron chi connectivity index (χ1n) is 9.42. The molecule has 0 unspecified atom stereocenters. The van der Waals surface area contributed by atoms with Crippen molar-refractivity contribution in [1.82, 2.24) is 0 Å². The van der Waals surface area contributed by atoms with Gasteiger partial charge in [-0.2, -0.15) is 0 Å². The first-order chi connectivity index (χ1) is 13.4. The Balaban J connectivity index is 2.06. The lowest BCUT2D eigenvalue weighted by molar-refractivity contribution is -0.384. The van der Waals surface area contributed by atoms with Crippen LogP contribution in [0.15, 0.2) is 36.4 Å². The van der Waals surface area contributed by atoms with Crippen molar-refractivity contribution in [3.05, 3.63) is 63.2 Å². The summed E-state index contributed by atoms with van der Waals surface area (Å²) in [4.78, 5) is 28.0. The van der Waals surface area contributed by atoms with E-state index in [1.807, 2.05) is 39.0 Å². The molecular weight excluding hydrogens is 358 g/mol. The zero-order valence-electron chi connectivity index (χ0n) is 16.5. The molecule has 0 aromatic heterocycles. The van der Waals surface area contributed by atoms with Gasteiger partial charge in [0, 0.05) is 37.5 Å². The highest BCUT2D eigenvalue weighted by Crippen LogP contribution is 2.29. The Labute approximate surface area is 164 Å². The van der Waals surface area contributed by atoms with Gasteiger partial charge in [0.15, 0.2) is 0 Å². The number of nitrogens with zero attached hydrogens (tertiary/aromatic N) is 3. The minimum atomic E-state index is -0.465. The van der Waals surface area contributed by atoms with E-state index in [0.29, 0.717) is 44.1 Å². The molecule has 0 aliphatic carbocycles. The second-order valence-electron chi connectivity index (χ2n) is 6.95. The molecule has 3 rings (SSSR count). The van der Waals surface area contributed by atoms with Crippen molar-refractivity contribution in [1.29, 1.82) is 0 Å². The highest BCUT2D eigenvalue weighted by atomic mass is 16.6. The average molecular weight is 383 g/mol. The predicted octanol–water partition coefficient (Wildman–Crippen LogP) is 3.71. The number of ether oxygens (including phenoxy) is 1. The topological polar surface area (TPSA) is 75.9 Å². The quantitative estimate of drug-likeness (QED) is 0.581. The molecule has 0 bridgehead atoms. The maximum atomic E-state index is 13.5. The van der Waals surface area contributed by atoms with Crippen LogP contribution in [-0.2, 0) is 4.74 Å². The molecular formula is C21H25N3O4. The van der Waals surface area contributed by atoms with Gasteiger partial charge < -0.3 is 14.5 Å². The summed E-state index contributed by atoms with van der Waals surface area (Å²) in [6, 6.07) is 10.5. The van der Waals surface area contributed by atoms with Gasteiger partial charge in [-0.05, 0) is 50.1 Å². The van der Waals surface area contributed by atoms with Crippen molar-refractivity contribution in [2.24, 2.45) is 0 Å². The number of carbonyl (C=O) groups excluding carboxylic acids is 1. The van der Waals surface area contributed by atoms with Crippen LogP contribution in [0.3, 0.4) is 0 Å². The van der Waals surface area contributed by atoms with Gasteiger partial charge in [0.1, 0.15) is 0 Å². The summed E-state index contributed by atoms with van der Waals surface area (Å²) in [7, 11) is 0. The van der Waals surface area contributed by atoms with Crippen LogP contribution in [0.25, 0.3) is 0 Å². The van der Waals surface area contributed by atoms with Gasteiger partial charge in [-0.3, -0.25) is 14.9 Å². The normalized spacial score (nSPS) is 14.0. The van der Waals surface area contributed by atoms with Gasteiger partial charge in [0.2, 0.25) is 0 Å². The SMILES string of the molecule is CCN(C(=O)c1cc([N+](=O)[O-])ccc1N1CCOCC1)c1cc(C)cc(C)c1. The van der Waals surface area contributed by atoms with Gasteiger partial charge in [0.25, 0.3) is 11.6 Å². The van der Waals surface area contributed by atoms with E-state index in [-0.39, 0.29) is 11.6 Å². The number of hydrogen-bond acceptors (Lipinski definition) is 5. The van der Waals surface area contributed by atoms with Crippen molar-refractivity contribution in [3.8, 4) is 0 Å². The van der Waals surface area contributed by atoms with Gasteiger partial charge in [-0.25, -0.2) is 0 Å². The number of rotatable bonds is 5. The van der Waals surface area contributed by atoms with E-state index in [1.165, 1.54) is 12.1 Å². The number of nitro benzene ring substituents is 1. The van der Waals surface area contributed by atoms with Gasteiger partial charge in [-0.1, -0.05) is 6.07 Å². The van der Waals surface area contributed by atoms with Crippen LogP contribution in [0.4, 0.5) is 17.1 Å². The Morgan fingerprint density at radius 1 is 1.14 bits per heavy atom. The lowest BCUT2D eigenvalue weighted by Crippen LogP contribution is -2.38. The molecule has 7 nitrogen and oxygen atoms in total. The van der Waals surface area contributed by atoms with E-state index in [9.17, 15) is 14.9 Å². The molecule has 0 radical (unpaired) electrons. The van der Waals surface area contributed by atoms with Crippen LogP contribution in [0.5, 0.6) is 0 Å². The Morgan fingerprint density at radius 2 is 1.79 bits per heavy atom. The monoisotopic (exact) mass is 383 g/mol. The van der Waals surface area contributed by atoms with Gasteiger partial charge in [0.05, 0.1) is 29.4 Å². The first kappa shape index (κ1) is 19.8. The molecule has 0 atom stereocenters. The molecule has 1 fully saturated rings. The maximum absolute atomic E-state index is 13.5. The number of non-ortho nitro benzene ring substituents is 1. The van der Waals surface area contributed by atoms with E-state index in [0.717, 1.165) is 16.8 Å². The van der Waals surface area contributed by atoms with E-state index in [1.54, 1.807) is 11.0 Å². The highest BCUT2D eigenvalue weighted by molar-refractivity contribution is 6.10. The van der Waals surface area contributed by atoms with Crippen LogP contribution in [-0.4, -0.2) is 43.7 Å². The second-order valence-corrected chi connectivity index (χ2v) is 6.95. The average Bonchev–Trinajstić information content (AvgIpc) is 2.68. The third kappa shape index (κ3) is 4.14. The number of hydrogen-bond donors (Lipinski definition) is 0. The van der Waals surface area contributed by atoms with Crippen molar-refractivity contribution in [3.63, 3.8) is 0 Å². The van der Waals surface area contributed by atoms with Crippen molar-refractivity contribution >= 4 is 23.0 Å². The van der Waals surface area contributed by atoms with Crippen molar-refractivity contribution in [2.45, 2.75) is 20.8 Å². The Morgan fingerprint density at radius 3 is 2.36 bits per heavy atom. The van der Waals surface area contributed by atoms with Crippen LogP contribution >= 0.6 is 0 Å². The van der Waals surface area contributed by atoms with E-state index >= 15 is 0 Å². The van der Waals surface area contributed by atoms with Crippen LogP contribution in [0.2, 0.25) is 0 Å². The fraction of sp³-hybridized carbons (Fsp3) is 0.381. The lowest BCUT2D eigenvalue weighted by Gasteiger charge is -2.31. The minimum absolute atomic E-state index is 0.0863. The summed E-state index contributed by atoms with van der Waals surface area (Å²) in [5.74, 6) is -0.238. The Kier molecular flexibility index (Phi) is 5.94. The fourth-order valence-corrected chi connectivity index (χ4v) is 3.58. The van der Waals surface area contributed by atoms with E-state index < -0.39 is 4.92 Å². The third-order valence-corrected chi connectivity index (χ3v) is 4.85. The molecule has 7 heteroatoms. The van der Waals surface area contributed by atoms with Crippen molar-refractivity contribution in [2.75, 3.05) is 42.6 Å². The molecule has 0 spiro atoms. The molecule has 28 heavy (non-hydrogen) atoms. The molecule has 1 amide bonds. The summed E-state index contributed by atoms with van der Waals surface area (Å²) >= 11 is 0. The van der Waals surface area contributed by atoms with Crippen LogP contribution in [0.1, 0.15) is 28.4 Å². The lowest BCUT2D eigenvalue weighted by atomic mass is 10.1. The zero-order valence-corrected chi connectivity index (χ0v) is 16.5. The Hall–Kier alpha value is -2.93. The summed E-state index contributed by atoms with van der Waals surface area (Å²) in [5.41, 5.74) is 3.89. The third-order valence-electron chi connectivity index (χ3n) is 4.85. The van der Waals surface area contributed by atoms with Gasteiger partial charge >= 0.3 is 0 Å². The zero-order chi connectivity index (χ0) is 20.3. The van der Waals surface area contributed by atoms with Crippen LogP contribution < -0.4 is 9.80 Å². The molecule has 1 heterocycles.